The Hall–Kier alpha value is -1.30. The van der Waals surface area contributed by atoms with E-state index in [0.717, 1.165) is 12.3 Å². The van der Waals surface area contributed by atoms with Crippen LogP contribution in [0.5, 0.6) is 0 Å². The lowest BCUT2D eigenvalue weighted by molar-refractivity contribution is -0.147. The first-order chi connectivity index (χ1) is 9.18. The maximum atomic E-state index is 12.0. The van der Waals surface area contributed by atoms with E-state index in [4.69, 9.17) is 9.84 Å². The van der Waals surface area contributed by atoms with E-state index in [1.54, 1.807) is 0 Å². The maximum absolute atomic E-state index is 12.0. The van der Waals surface area contributed by atoms with Crippen molar-refractivity contribution in [2.75, 3.05) is 26.3 Å². The lowest BCUT2D eigenvalue weighted by Crippen LogP contribution is -2.55. The number of nitrogens with one attached hydrogen (secondary N) is 1. The first-order valence-corrected chi connectivity index (χ1v) is 7.03. The fourth-order valence-electron chi connectivity index (χ4n) is 2.84. The van der Waals surface area contributed by atoms with Gasteiger partial charge >= 0.3 is 12.0 Å². The molecule has 1 saturated heterocycles. The van der Waals surface area contributed by atoms with E-state index < -0.39 is 12.0 Å². The number of aliphatic carboxylic acids is 1. The zero-order valence-corrected chi connectivity index (χ0v) is 11.1. The number of nitrogens with zero attached hydrogens (tertiary/aromatic N) is 1. The minimum atomic E-state index is -1.01. The summed E-state index contributed by atoms with van der Waals surface area (Å²) in [4.78, 5) is 24.4. The molecule has 1 heterocycles. The van der Waals surface area contributed by atoms with E-state index in [2.05, 4.69) is 5.32 Å². The topological polar surface area (TPSA) is 78.9 Å². The third-order valence-corrected chi connectivity index (χ3v) is 3.98. The average Bonchev–Trinajstić information content (AvgIpc) is 2.91. The highest BCUT2D eigenvalue weighted by molar-refractivity contribution is 5.82. The molecule has 0 radical (unpaired) electrons. The van der Waals surface area contributed by atoms with Gasteiger partial charge in [0.05, 0.1) is 13.2 Å². The van der Waals surface area contributed by atoms with Gasteiger partial charge < -0.3 is 20.1 Å². The minimum Gasteiger partial charge on any atom is -0.480 e. The molecule has 19 heavy (non-hydrogen) atoms. The second-order valence-electron chi connectivity index (χ2n) is 5.29. The van der Waals surface area contributed by atoms with E-state index in [9.17, 15) is 9.59 Å². The Balaban J connectivity index is 1.75. The highest BCUT2D eigenvalue weighted by Crippen LogP contribution is 2.26. The van der Waals surface area contributed by atoms with Gasteiger partial charge in [-0.2, -0.15) is 0 Å². The normalized spacial score (nSPS) is 24.4. The van der Waals surface area contributed by atoms with Crippen LogP contribution in [0.3, 0.4) is 0 Å². The Bertz CT molecular complexity index is 329. The molecule has 0 spiro atoms. The number of carboxylic acids is 1. The van der Waals surface area contributed by atoms with Gasteiger partial charge in [-0.25, -0.2) is 9.59 Å². The summed E-state index contributed by atoms with van der Waals surface area (Å²) < 4.78 is 5.11. The molecule has 0 aromatic heterocycles. The molecule has 108 valence electrons. The molecular weight excluding hydrogens is 248 g/mol. The zero-order valence-electron chi connectivity index (χ0n) is 11.1. The Labute approximate surface area is 113 Å². The first kappa shape index (κ1) is 14.1. The SMILES string of the molecule is O=C(O)C1COCCN1C(=O)NCCC1CCCC1. The molecule has 0 aromatic rings. The Morgan fingerprint density at radius 3 is 2.74 bits per heavy atom. The molecule has 0 aromatic carbocycles. The zero-order chi connectivity index (χ0) is 13.7. The van der Waals surface area contributed by atoms with Crippen LogP contribution in [0.25, 0.3) is 0 Å². The molecular formula is C13H22N2O4. The summed E-state index contributed by atoms with van der Waals surface area (Å²) in [5, 5.41) is 11.9. The van der Waals surface area contributed by atoms with Gasteiger partial charge in [-0.1, -0.05) is 25.7 Å². The molecule has 2 fully saturated rings. The lowest BCUT2D eigenvalue weighted by Gasteiger charge is -2.32. The Morgan fingerprint density at radius 2 is 2.05 bits per heavy atom. The summed E-state index contributed by atoms with van der Waals surface area (Å²) in [6.07, 6.45) is 6.09. The highest BCUT2D eigenvalue weighted by atomic mass is 16.5. The van der Waals surface area contributed by atoms with Crippen molar-refractivity contribution >= 4 is 12.0 Å². The second-order valence-corrected chi connectivity index (χ2v) is 5.29. The van der Waals surface area contributed by atoms with Crippen molar-refractivity contribution in [3.8, 4) is 0 Å². The molecule has 2 amide bonds. The largest absolute Gasteiger partial charge is 0.480 e. The molecule has 1 atom stereocenters. The van der Waals surface area contributed by atoms with Gasteiger partial charge in [0.1, 0.15) is 0 Å². The van der Waals surface area contributed by atoms with E-state index in [-0.39, 0.29) is 12.6 Å². The standard InChI is InChI=1S/C13H22N2O4/c16-12(17)11-9-19-8-7-15(11)13(18)14-6-5-10-3-1-2-4-10/h10-11H,1-9H2,(H,14,18)(H,16,17). The van der Waals surface area contributed by atoms with Crippen LogP contribution >= 0.6 is 0 Å². The van der Waals surface area contributed by atoms with Crippen molar-refractivity contribution in [3.63, 3.8) is 0 Å². The molecule has 6 nitrogen and oxygen atoms in total. The molecule has 1 aliphatic carbocycles. The number of rotatable bonds is 4. The summed E-state index contributed by atoms with van der Waals surface area (Å²) in [6.45, 7) is 1.45. The minimum absolute atomic E-state index is 0.0748. The number of carbonyl (C=O) groups is 2. The van der Waals surface area contributed by atoms with Crippen LogP contribution in [-0.4, -0.2) is 54.4 Å². The highest BCUT2D eigenvalue weighted by Gasteiger charge is 2.32. The summed E-state index contributed by atoms with van der Waals surface area (Å²) in [5.41, 5.74) is 0. The first-order valence-electron chi connectivity index (χ1n) is 7.03. The van der Waals surface area contributed by atoms with Crippen molar-refractivity contribution in [3.05, 3.63) is 0 Å². The van der Waals surface area contributed by atoms with Crippen LogP contribution in [0.1, 0.15) is 32.1 Å². The number of ether oxygens (including phenoxy) is 1. The van der Waals surface area contributed by atoms with E-state index in [0.29, 0.717) is 19.7 Å². The molecule has 0 bridgehead atoms. The van der Waals surface area contributed by atoms with Crippen molar-refractivity contribution < 1.29 is 19.4 Å². The number of hydrogen-bond acceptors (Lipinski definition) is 3. The Morgan fingerprint density at radius 1 is 1.32 bits per heavy atom. The van der Waals surface area contributed by atoms with Crippen molar-refractivity contribution in [2.45, 2.75) is 38.1 Å². The van der Waals surface area contributed by atoms with Gasteiger partial charge in [0.25, 0.3) is 0 Å². The number of carboxylic acid groups (broad SMARTS) is 1. The summed E-state index contributed by atoms with van der Waals surface area (Å²) in [7, 11) is 0. The van der Waals surface area contributed by atoms with Crippen molar-refractivity contribution in [1.82, 2.24) is 10.2 Å². The van der Waals surface area contributed by atoms with Crippen molar-refractivity contribution in [1.29, 1.82) is 0 Å². The lowest BCUT2D eigenvalue weighted by atomic mass is 10.0. The van der Waals surface area contributed by atoms with Gasteiger partial charge in [-0.15, -0.1) is 0 Å². The van der Waals surface area contributed by atoms with Gasteiger partial charge in [0.2, 0.25) is 0 Å². The van der Waals surface area contributed by atoms with Crippen LogP contribution in [0, 0.1) is 5.92 Å². The molecule has 6 heteroatoms. The Kier molecular flexibility index (Phi) is 5.01. The van der Waals surface area contributed by atoms with Crippen LogP contribution in [0.4, 0.5) is 4.79 Å². The fraction of sp³-hybridized carbons (Fsp3) is 0.846. The summed E-state index contributed by atoms with van der Waals surface area (Å²) in [5.74, 6) is -0.286. The third kappa shape index (κ3) is 3.83. The van der Waals surface area contributed by atoms with Crippen LogP contribution < -0.4 is 5.32 Å². The predicted molar refractivity (Wildman–Crippen MR) is 68.9 cm³/mol. The molecule has 1 saturated carbocycles. The van der Waals surface area contributed by atoms with Gasteiger partial charge in [0, 0.05) is 13.1 Å². The summed E-state index contributed by atoms with van der Waals surface area (Å²) in [6, 6.07) is -1.14. The number of amides is 2. The van der Waals surface area contributed by atoms with E-state index >= 15 is 0 Å². The van der Waals surface area contributed by atoms with Crippen molar-refractivity contribution in [2.24, 2.45) is 5.92 Å². The molecule has 2 rings (SSSR count). The molecule has 2 aliphatic rings. The smallest absolute Gasteiger partial charge is 0.328 e. The number of morpholine rings is 1. The number of carbonyl (C=O) groups excluding carboxylic acids is 1. The monoisotopic (exact) mass is 270 g/mol. The quantitative estimate of drug-likeness (QED) is 0.800. The molecule has 1 aliphatic heterocycles. The molecule has 1 unspecified atom stereocenters. The average molecular weight is 270 g/mol. The van der Waals surface area contributed by atoms with E-state index in [1.165, 1.54) is 30.6 Å². The predicted octanol–water partition coefficient (Wildman–Crippen LogP) is 1.06. The van der Waals surface area contributed by atoms with Crippen LogP contribution in [-0.2, 0) is 9.53 Å². The van der Waals surface area contributed by atoms with Gasteiger partial charge in [0.15, 0.2) is 6.04 Å². The number of hydrogen-bond donors (Lipinski definition) is 2. The van der Waals surface area contributed by atoms with Gasteiger partial charge in [-0.05, 0) is 12.3 Å². The third-order valence-electron chi connectivity index (χ3n) is 3.98. The maximum Gasteiger partial charge on any atom is 0.328 e. The van der Waals surface area contributed by atoms with Gasteiger partial charge in [-0.3, -0.25) is 0 Å². The van der Waals surface area contributed by atoms with Crippen LogP contribution in [0.15, 0.2) is 0 Å². The second kappa shape index (κ2) is 6.75. The molecule has 2 N–H and O–H groups in total. The summed E-state index contributed by atoms with van der Waals surface area (Å²) >= 11 is 0. The number of urea groups is 1. The van der Waals surface area contributed by atoms with Crippen LogP contribution in [0.2, 0.25) is 0 Å². The van der Waals surface area contributed by atoms with E-state index in [1.807, 2.05) is 0 Å². The fourth-order valence-corrected chi connectivity index (χ4v) is 2.84.